The van der Waals surface area contributed by atoms with Crippen LogP contribution in [0, 0.1) is 10.1 Å². The van der Waals surface area contributed by atoms with E-state index in [1.54, 1.807) is 12.1 Å². The van der Waals surface area contributed by atoms with E-state index in [4.69, 9.17) is 0 Å². The van der Waals surface area contributed by atoms with E-state index in [9.17, 15) is 10.1 Å². The Morgan fingerprint density at radius 2 is 2.33 bits per heavy atom. The molecule has 0 fully saturated rings. The number of benzene rings is 1. The molecular formula is C9H8BrNO2Se2. The van der Waals surface area contributed by atoms with Gasteiger partial charge in [-0.25, -0.2) is 0 Å². The summed E-state index contributed by atoms with van der Waals surface area (Å²) in [7, 11) is 0. The molecule has 0 unspecified atom stereocenters. The summed E-state index contributed by atoms with van der Waals surface area (Å²) in [6, 6.07) is 6.86. The van der Waals surface area contributed by atoms with Crippen molar-refractivity contribution in [1.82, 2.24) is 0 Å². The Morgan fingerprint density at radius 1 is 1.60 bits per heavy atom. The van der Waals surface area contributed by atoms with Crippen LogP contribution in [0.25, 0.3) is 0 Å². The average Bonchev–Trinajstić information content (AvgIpc) is 2.26. The van der Waals surface area contributed by atoms with Crippen LogP contribution >= 0.6 is 15.9 Å². The summed E-state index contributed by atoms with van der Waals surface area (Å²) in [4.78, 5) is 12.2. The van der Waals surface area contributed by atoms with Gasteiger partial charge in [0.15, 0.2) is 0 Å². The molecule has 0 amide bonds. The van der Waals surface area contributed by atoms with Crippen LogP contribution < -0.4 is 4.46 Å². The quantitative estimate of drug-likeness (QED) is 0.440. The van der Waals surface area contributed by atoms with Gasteiger partial charge in [0, 0.05) is 0 Å². The Kier molecular flexibility index (Phi) is 5.57. The summed E-state index contributed by atoms with van der Waals surface area (Å²) in [6.07, 6.45) is 0. The molecule has 6 heteroatoms. The maximum atomic E-state index is 10.6. The summed E-state index contributed by atoms with van der Waals surface area (Å²) in [6.45, 7) is 0. The molecule has 0 saturated carbocycles. The van der Waals surface area contributed by atoms with E-state index in [1.165, 1.54) is 9.44 Å². The monoisotopic (exact) mass is 401 g/mol. The van der Waals surface area contributed by atoms with E-state index in [1.807, 2.05) is 11.1 Å². The minimum atomic E-state index is -0.353. The van der Waals surface area contributed by atoms with Gasteiger partial charge in [0.05, 0.1) is 0 Å². The van der Waals surface area contributed by atoms with E-state index in [2.05, 4.69) is 21.8 Å². The SMILES string of the molecule is C[Se]/C(=C\Br)[Se]c1cccc([N+](=O)[O-])c1. The van der Waals surface area contributed by atoms with Crippen LogP contribution in [0.4, 0.5) is 5.69 Å². The molecule has 80 valence electrons. The van der Waals surface area contributed by atoms with Crippen LogP contribution in [0.2, 0.25) is 5.82 Å². The van der Waals surface area contributed by atoms with Crippen molar-refractivity contribution in [2.45, 2.75) is 5.82 Å². The molecule has 0 radical (unpaired) electrons. The Bertz CT molecular complexity index is 395. The molecule has 0 spiro atoms. The van der Waals surface area contributed by atoms with Gasteiger partial charge in [-0.1, -0.05) is 0 Å². The molecule has 0 N–H and O–H groups in total. The Balaban J connectivity index is 2.87. The van der Waals surface area contributed by atoms with Crippen molar-refractivity contribution in [2.75, 3.05) is 0 Å². The second-order valence-electron chi connectivity index (χ2n) is 2.49. The van der Waals surface area contributed by atoms with Crippen molar-refractivity contribution in [3.05, 3.63) is 42.7 Å². The van der Waals surface area contributed by atoms with Crippen LogP contribution in [0.1, 0.15) is 0 Å². The normalized spacial score (nSPS) is 11.5. The fourth-order valence-corrected chi connectivity index (χ4v) is 5.93. The topological polar surface area (TPSA) is 43.1 Å². The van der Waals surface area contributed by atoms with Gasteiger partial charge in [0.1, 0.15) is 0 Å². The molecule has 0 aliphatic carbocycles. The van der Waals surface area contributed by atoms with Crippen LogP contribution in [-0.4, -0.2) is 34.8 Å². The predicted molar refractivity (Wildman–Crippen MR) is 67.1 cm³/mol. The summed E-state index contributed by atoms with van der Waals surface area (Å²) < 4.78 is 2.39. The van der Waals surface area contributed by atoms with Crippen molar-refractivity contribution >= 4 is 56.0 Å². The van der Waals surface area contributed by atoms with Crippen LogP contribution in [0.15, 0.2) is 32.6 Å². The fourth-order valence-electron chi connectivity index (χ4n) is 0.885. The van der Waals surface area contributed by atoms with Gasteiger partial charge in [-0.2, -0.15) is 0 Å². The minimum absolute atomic E-state index is 0.173. The number of nitro benzene ring substituents is 1. The summed E-state index contributed by atoms with van der Waals surface area (Å²) >= 11 is 3.97. The molecule has 0 bridgehead atoms. The van der Waals surface area contributed by atoms with Crippen molar-refractivity contribution in [3.63, 3.8) is 0 Å². The summed E-state index contributed by atoms with van der Waals surface area (Å²) in [5.41, 5.74) is 0.173. The van der Waals surface area contributed by atoms with Gasteiger partial charge >= 0.3 is 109 Å². The number of hydrogen-bond donors (Lipinski definition) is 0. The molecule has 1 rings (SSSR count). The van der Waals surface area contributed by atoms with E-state index < -0.39 is 0 Å². The van der Waals surface area contributed by atoms with Gasteiger partial charge in [-0.05, 0) is 0 Å². The van der Waals surface area contributed by atoms with E-state index in [0.29, 0.717) is 15.0 Å². The molecule has 1 aromatic carbocycles. The molecule has 0 aliphatic heterocycles. The first-order valence-electron chi connectivity index (χ1n) is 3.94. The van der Waals surface area contributed by atoms with Crippen LogP contribution in [0.5, 0.6) is 0 Å². The van der Waals surface area contributed by atoms with Crippen LogP contribution in [0.3, 0.4) is 0 Å². The first kappa shape index (κ1) is 12.9. The van der Waals surface area contributed by atoms with Gasteiger partial charge in [0.25, 0.3) is 0 Å². The average molecular weight is 400 g/mol. The zero-order valence-electron chi connectivity index (χ0n) is 7.84. The van der Waals surface area contributed by atoms with Crippen molar-refractivity contribution in [3.8, 4) is 0 Å². The van der Waals surface area contributed by atoms with Crippen molar-refractivity contribution < 1.29 is 4.92 Å². The molecule has 0 atom stereocenters. The molecule has 1 aromatic rings. The number of halogens is 1. The van der Waals surface area contributed by atoms with Gasteiger partial charge in [0.2, 0.25) is 0 Å². The second kappa shape index (κ2) is 6.46. The maximum absolute atomic E-state index is 10.6. The second-order valence-corrected chi connectivity index (χ2v) is 8.38. The standard InChI is InChI=1S/C9H8BrNO2Se2/c1-14-9(6-10)15-8-4-2-3-7(5-8)11(12)13/h2-6H,1H3/b9-6+. The molecule has 0 aliphatic rings. The molecule has 0 saturated heterocycles. The number of hydrogen-bond acceptors (Lipinski definition) is 2. The Morgan fingerprint density at radius 3 is 2.87 bits per heavy atom. The molecule has 0 heterocycles. The summed E-state index contributed by atoms with van der Waals surface area (Å²) in [5, 5.41) is 10.6. The predicted octanol–water partition coefficient (Wildman–Crippen LogP) is 1.87. The first-order chi connectivity index (χ1) is 7.17. The number of rotatable bonds is 4. The van der Waals surface area contributed by atoms with Gasteiger partial charge in [-0.15, -0.1) is 0 Å². The van der Waals surface area contributed by atoms with E-state index >= 15 is 0 Å². The molecule has 15 heavy (non-hydrogen) atoms. The molecule has 3 nitrogen and oxygen atoms in total. The Hall–Kier alpha value is -0.121. The fraction of sp³-hybridized carbons (Fsp3) is 0.111. The third-order valence-electron chi connectivity index (χ3n) is 1.54. The summed E-state index contributed by atoms with van der Waals surface area (Å²) in [5.74, 6) is 2.14. The molecule has 0 aromatic heterocycles. The Labute approximate surface area is 109 Å². The zero-order valence-corrected chi connectivity index (χ0v) is 12.9. The van der Waals surface area contributed by atoms with Gasteiger partial charge < -0.3 is 0 Å². The van der Waals surface area contributed by atoms with Crippen LogP contribution in [-0.2, 0) is 0 Å². The third kappa shape index (κ3) is 4.09. The first-order valence-corrected chi connectivity index (χ1v) is 9.14. The van der Waals surface area contributed by atoms with Crippen molar-refractivity contribution in [2.24, 2.45) is 0 Å². The number of nitro groups is 1. The number of nitrogens with zero attached hydrogens (tertiary/aromatic N) is 1. The zero-order chi connectivity index (χ0) is 11.3. The van der Waals surface area contributed by atoms with E-state index in [0.717, 1.165) is 4.46 Å². The van der Waals surface area contributed by atoms with Crippen molar-refractivity contribution in [1.29, 1.82) is 0 Å². The van der Waals surface area contributed by atoms with E-state index in [-0.39, 0.29) is 25.6 Å². The molecular weight excluding hydrogens is 392 g/mol. The van der Waals surface area contributed by atoms with Gasteiger partial charge in [-0.3, -0.25) is 0 Å². The third-order valence-corrected chi connectivity index (χ3v) is 8.87. The number of non-ortho nitro benzene ring substituents is 1.